The number of fused-ring (bicyclic) bond motifs is 1. The molecule has 3 nitrogen and oxygen atoms in total. The molecular formula is C17H13Cl3N2O. The van der Waals surface area contributed by atoms with Gasteiger partial charge < -0.3 is 0 Å². The second kappa shape index (κ2) is 6.91. The number of hydrogen-bond acceptors (Lipinski definition) is 2. The molecule has 1 aromatic heterocycles. The van der Waals surface area contributed by atoms with E-state index in [0.29, 0.717) is 40.0 Å². The summed E-state index contributed by atoms with van der Waals surface area (Å²) in [6.07, 6.45) is 0.667. The Morgan fingerprint density at radius 2 is 1.78 bits per heavy atom. The lowest BCUT2D eigenvalue weighted by molar-refractivity contribution is 0.578. The zero-order chi connectivity index (χ0) is 16.4. The van der Waals surface area contributed by atoms with Gasteiger partial charge in [-0.15, -0.1) is 11.6 Å². The van der Waals surface area contributed by atoms with E-state index in [4.69, 9.17) is 34.8 Å². The fraction of sp³-hybridized carbons (Fsp3) is 0.176. The van der Waals surface area contributed by atoms with Crippen molar-refractivity contribution in [2.24, 2.45) is 0 Å². The van der Waals surface area contributed by atoms with E-state index < -0.39 is 0 Å². The molecule has 0 atom stereocenters. The van der Waals surface area contributed by atoms with Gasteiger partial charge in [-0.05, 0) is 30.7 Å². The van der Waals surface area contributed by atoms with Crippen LogP contribution < -0.4 is 5.56 Å². The quantitative estimate of drug-likeness (QED) is 0.608. The van der Waals surface area contributed by atoms with Crippen LogP contribution in [0, 0.1) is 0 Å². The lowest BCUT2D eigenvalue weighted by Crippen LogP contribution is -2.24. The van der Waals surface area contributed by atoms with Crippen molar-refractivity contribution in [1.82, 2.24) is 9.78 Å². The number of aromatic nitrogens is 2. The van der Waals surface area contributed by atoms with Crippen molar-refractivity contribution in [1.29, 1.82) is 0 Å². The number of halogens is 3. The predicted octanol–water partition coefficient (Wildman–Crippen LogP) is 5.00. The highest BCUT2D eigenvalue weighted by Gasteiger charge is 2.14. The molecule has 2 aromatic carbocycles. The molecule has 3 rings (SSSR count). The van der Waals surface area contributed by atoms with Gasteiger partial charge in [-0.3, -0.25) is 4.79 Å². The zero-order valence-electron chi connectivity index (χ0n) is 12.1. The summed E-state index contributed by atoms with van der Waals surface area (Å²) in [7, 11) is 0. The van der Waals surface area contributed by atoms with E-state index in [2.05, 4.69) is 5.10 Å². The van der Waals surface area contributed by atoms with Gasteiger partial charge in [-0.25, -0.2) is 4.68 Å². The average molecular weight is 368 g/mol. The number of alkyl halides is 1. The van der Waals surface area contributed by atoms with Gasteiger partial charge in [0.15, 0.2) is 0 Å². The molecule has 0 radical (unpaired) electrons. The van der Waals surface area contributed by atoms with Gasteiger partial charge in [0.25, 0.3) is 5.56 Å². The molecule has 23 heavy (non-hydrogen) atoms. The molecule has 0 unspecified atom stereocenters. The van der Waals surface area contributed by atoms with Crippen molar-refractivity contribution >= 4 is 45.6 Å². The Morgan fingerprint density at radius 3 is 2.48 bits per heavy atom. The summed E-state index contributed by atoms with van der Waals surface area (Å²) in [4.78, 5) is 12.6. The lowest BCUT2D eigenvalue weighted by atomic mass is 10.0. The smallest absolute Gasteiger partial charge is 0.267 e. The molecule has 118 valence electrons. The highest BCUT2D eigenvalue weighted by Crippen LogP contribution is 2.32. The van der Waals surface area contributed by atoms with Crippen molar-refractivity contribution in [2.75, 3.05) is 5.88 Å². The molecule has 0 aliphatic carbocycles. The topological polar surface area (TPSA) is 34.9 Å². The lowest BCUT2D eigenvalue weighted by Gasteiger charge is -2.12. The van der Waals surface area contributed by atoms with Crippen molar-refractivity contribution in [3.63, 3.8) is 0 Å². The molecule has 0 saturated heterocycles. The SMILES string of the molecule is O=c1c2ccccc2c(-c2ccc(Cl)cc2Cl)nn1CCCCl. The summed E-state index contributed by atoms with van der Waals surface area (Å²) >= 11 is 18.0. The van der Waals surface area contributed by atoms with Crippen molar-refractivity contribution in [2.45, 2.75) is 13.0 Å². The maximum atomic E-state index is 12.6. The molecular weight excluding hydrogens is 355 g/mol. The van der Waals surface area contributed by atoms with E-state index in [0.717, 1.165) is 10.9 Å². The van der Waals surface area contributed by atoms with Crippen LogP contribution in [-0.2, 0) is 6.54 Å². The third-order valence-electron chi connectivity index (χ3n) is 3.56. The fourth-order valence-corrected chi connectivity index (χ4v) is 3.09. The van der Waals surface area contributed by atoms with Crippen LogP contribution >= 0.6 is 34.8 Å². The average Bonchev–Trinajstić information content (AvgIpc) is 2.55. The van der Waals surface area contributed by atoms with E-state index in [-0.39, 0.29) is 5.56 Å². The van der Waals surface area contributed by atoms with Crippen molar-refractivity contribution < 1.29 is 0 Å². The Labute approximate surface area is 148 Å². The minimum absolute atomic E-state index is 0.125. The van der Waals surface area contributed by atoms with Gasteiger partial charge in [-0.1, -0.05) is 41.4 Å². The van der Waals surface area contributed by atoms with Gasteiger partial charge in [0.05, 0.1) is 10.4 Å². The first-order valence-electron chi connectivity index (χ1n) is 7.13. The van der Waals surface area contributed by atoms with E-state index in [1.807, 2.05) is 24.3 Å². The third-order valence-corrected chi connectivity index (χ3v) is 4.37. The summed E-state index contributed by atoms with van der Waals surface area (Å²) in [5.74, 6) is 0.470. The fourth-order valence-electron chi connectivity index (χ4n) is 2.48. The van der Waals surface area contributed by atoms with E-state index in [1.54, 1.807) is 18.2 Å². The summed E-state index contributed by atoms with van der Waals surface area (Å²) in [6.45, 7) is 0.464. The van der Waals surface area contributed by atoms with Crippen LogP contribution in [0.4, 0.5) is 0 Å². The second-order valence-corrected chi connectivity index (χ2v) is 6.31. The monoisotopic (exact) mass is 366 g/mol. The molecule has 0 aliphatic heterocycles. The van der Waals surface area contributed by atoms with Crippen LogP contribution in [0.1, 0.15) is 6.42 Å². The van der Waals surface area contributed by atoms with E-state index >= 15 is 0 Å². The van der Waals surface area contributed by atoms with Gasteiger partial charge in [0, 0.05) is 28.4 Å². The van der Waals surface area contributed by atoms with Crippen LogP contribution in [0.3, 0.4) is 0 Å². The summed E-state index contributed by atoms with van der Waals surface area (Å²) < 4.78 is 1.45. The molecule has 3 aromatic rings. The van der Waals surface area contributed by atoms with Crippen molar-refractivity contribution in [3.05, 3.63) is 62.9 Å². The Bertz CT molecular complexity index is 921. The third kappa shape index (κ3) is 3.23. The molecule has 1 heterocycles. The van der Waals surface area contributed by atoms with Crippen molar-refractivity contribution in [3.8, 4) is 11.3 Å². The molecule has 0 amide bonds. The first-order chi connectivity index (χ1) is 11.1. The van der Waals surface area contributed by atoms with E-state index in [1.165, 1.54) is 4.68 Å². The number of benzene rings is 2. The maximum absolute atomic E-state index is 12.6. The number of hydrogen-bond donors (Lipinski definition) is 0. The van der Waals surface area contributed by atoms with Crippen LogP contribution in [0.15, 0.2) is 47.3 Å². The molecule has 0 N–H and O–H groups in total. The minimum Gasteiger partial charge on any atom is -0.267 e. The Hall–Kier alpha value is -1.55. The molecule has 0 aliphatic rings. The Morgan fingerprint density at radius 1 is 1.04 bits per heavy atom. The van der Waals surface area contributed by atoms with Crippen LogP contribution in [-0.4, -0.2) is 15.7 Å². The summed E-state index contributed by atoms with van der Waals surface area (Å²) in [5.41, 5.74) is 1.28. The maximum Gasteiger partial charge on any atom is 0.274 e. The molecule has 0 bridgehead atoms. The van der Waals surface area contributed by atoms with Crippen LogP contribution in [0.2, 0.25) is 10.0 Å². The molecule has 0 spiro atoms. The minimum atomic E-state index is -0.125. The second-order valence-electron chi connectivity index (χ2n) is 5.09. The van der Waals surface area contributed by atoms with Gasteiger partial charge in [-0.2, -0.15) is 5.10 Å². The van der Waals surface area contributed by atoms with Gasteiger partial charge in [0.1, 0.15) is 5.69 Å². The molecule has 6 heteroatoms. The van der Waals surface area contributed by atoms with Crippen LogP contribution in [0.5, 0.6) is 0 Å². The summed E-state index contributed by atoms with van der Waals surface area (Å²) in [6, 6.07) is 12.6. The highest BCUT2D eigenvalue weighted by atomic mass is 35.5. The van der Waals surface area contributed by atoms with Crippen LogP contribution in [0.25, 0.3) is 22.0 Å². The number of nitrogens with zero attached hydrogens (tertiary/aromatic N) is 2. The Kier molecular flexibility index (Phi) is 4.90. The standard InChI is InChI=1S/C17H13Cl3N2O/c18-8-3-9-22-17(23)13-5-2-1-4-12(13)16(21-22)14-7-6-11(19)10-15(14)20/h1-2,4-7,10H,3,8-9H2. The normalized spacial score (nSPS) is 11.1. The Balaban J connectivity index is 2.30. The first-order valence-corrected chi connectivity index (χ1v) is 8.42. The molecule has 0 fully saturated rings. The van der Waals surface area contributed by atoms with Gasteiger partial charge >= 0.3 is 0 Å². The zero-order valence-corrected chi connectivity index (χ0v) is 14.4. The number of rotatable bonds is 4. The largest absolute Gasteiger partial charge is 0.274 e. The number of aryl methyl sites for hydroxylation is 1. The predicted molar refractivity (Wildman–Crippen MR) is 96.8 cm³/mol. The van der Waals surface area contributed by atoms with Gasteiger partial charge in [0.2, 0.25) is 0 Å². The summed E-state index contributed by atoms with van der Waals surface area (Å²) in [5, 5.41) is 6.95. The first kappa shape index (κ1) is 16.3. The molecule has 0 saturated carbocycles. The van der Waals surface area contributed by atoms with E-state index in [9.17, 15) is 4.79 Å². The highest BCUT2D eigenvalue weighted by molar-refractivity contribution is 6.36.